The van der Waals surface area contributed by atoms with Gasteiger partial charge in [0, 0.05) is 10.9 Å². The van der Waals surface area contributed by atoms with Crippen molar-refractivity contribution in [3.63, 3.8) is 0 Å². The summed E-state index contributed by atoms with van der Waals surface area (Å²) < 4.78 is 5.64. The maximum Gasteiger partial charge on any atom is 0.134 e. The molecule has 1 aromatic heterocycles. The van der Waals surface area contributed by atoms with Crippen molar-refractivity contribution in [2.45, 2.75) is 52.4 Å². The lowest BCUT2D eigenvalue weighted by atomic mass is 9.83. The largest absolute Gasteiger partial charge is 0.464 e. The van der Waals surface area contributed by atoms with Crippen molar-refractivity contribution < 1.29 is 4.42 Å². The van der Waals surface area contributed by atoms with Gasteiger partial charge in [-0.05, 0) is 28.5 Å². The van der Waals surface area contributed by atoms with E-state index >= 15 is 0 Å². The minimum absolute atomic E-state index is 0.127. The quantitative estimate of drug-likeness (QED) is 0.618. The molecule has 0 radical (unpaired) electrons. The fourth-order valence-corrected chi connectivity index (χ4v) is 2.08. The van der Waals surface area contributed by atoms with Crippen LogP contribution in [0.3, 0.4) is 0 Å². The van der Waals surface area contributed by atoms with Gasteiger partial charge in [-0.3, -0.25) is 0 Å². The van der Waals surface area contributed by atoms with Crippen LogP contribution in [-0.4, -0.2) is 0 Å². The fraction of sp³-hybridized carbons (Fsp3) is 0.500. The molecule has 1 nitrogen and oxygen atoms in total. The maximum atomic E-state index is 5.64. The second kappa shape index (κ2) is 3.63. The summed E-state index contributed by atoms with van der Waals surface area (Å²) in [4.78, 5) is 0. The van der Waals surface area contributed by atoms with E-state index in [9.17, 15) is 0 Å². The summed E-state index contributed by atoms with van der Waals surface area (Å²) in [5.41, 5.74) is 3.95. The minimum atomic E-state index is 0.127. The average Bonchev–Trinajstić information content (AvgIpc) is 2.57. The van der Waals surface area contributed by atoms with Gasteiger partial charge in [0.1, 0.15) is 5.58 Å². The van der Waals surface area contributed by atoms with Crippen LogP contribution >= 0.6 is 0 Å². The summed E-state index contributed by atoms with van der Waals surface area (Å²) in [5.74, 6) is 0. The monoisotopic (exact) mass is 230 g/mol. The van der Waals surface area contributed by atoms with Crippen molar-refractivity contribution in [3.05, 3.63) is 35.6 Å². The van der Waals surface area contributed by atoms with Crippen molar-refractivity contribution in [1.29, 1.82) is 0 Å². The highest BCUT2D eigenvalue weighted by molar-refractivity contribution is 5.83. The second-order valence-corrected chi connectivity index (χ2v) is 6.86. The molecule has 2 aromatic rings. The number of fused-ring (bicyclic) bond motifs is 1. The Morgan fingerprint density at radius 2 is 1.53 bits per heavy atom. The molecule has 17 heavy (non-hydrogen) atoms. The molecule has 1 aromatic carbocycles. The van der Waals surface area contributed by atoms with Crippen molar-refractivity contribution in [3.8, 4) is 0 Å². The smallest absolute Gasteiger partial charge is 0.134 e. The predicted molar refractivity (Wildman–Crippen MR) is 73.6 cm³/mol. The maximum absolute atomic E-state index is 5.64. The van der Waals surface area contributed by atoms with E-state index in [0.29, 0.717) is 0 Å². The molecule has 0 N–H and O–H groups in total. The van der Waals surface area contributed by atoms with E-state index in [0.717, 1.165) is 5.58 Å². The third-order valence-electron chi connectivity index (χ3n) is 3.25. The highest BCUT2D eigenvalue weighted by atomic mass is 16.3. The molecule has 0 aliphatic heterocycles. The first kappa shape index (κ1) is 12.2. The van der Waals surface area contributed by atoms with E-state index in [1.807, 2.05) is 6.26 Å². The first-order valence-corrected chi connectivity index (χ1v) is 6.22. The Labute approximate surface area is 104 Å². The Bertz CT molecular complexity index is 533. The summed E-state index contributed by atoms with van der Waals surface area (Å²) >= 11 is 0. The van der Waals surface area contributed by atoms with E-state index in [1.165, 1.54) is 16.5 Å². The van der Waals surface area contributed by atoms with Gasteiger partial charge in [0.2, 0.25) is 0 Å². The molecule has 0 aliphatic carbocycles. The zero-order valence-electron chi connectivity index (χ0n) is 11.7. The topological polar surface area (TPSA) is 13.1 Å². The predicted octanol–water partition coefficient (Wildman–Crippen LogP) is 5.03. The summed E-state index contributed by atoms with van der Waals surface area (Å²) in [6.45, 7) is 13.4. The standard InChI is InChI=1S/C16H22O/c1-15(2,3)11-7-8-14-12(9-11)13(10-17-14)16(4,5)6/h7-10H,1-6H3. The minimum Gasteiger partial charge on any atom is -0.464 e. The van der Waals surface area contributed by atoms with Gasteiger partial charge in [0.15, 0.2) is 0 Å². The number of hydrogen-bond donors (Lipinski definition) is 0. The van der Waals surface area contributed by atoms with Gasteiger partial charge in [-0.2, -0.15) is 0 Å². The Hall–Kier alpha value is -1.24. The third-order valence-corrected chi connectivity index (χ3v) is 3.25. The van der Waals surface area contributed by atoms with E-state index in [1.54, 1.807) is 0 Å². The van der Waals surface area contributed by atoms with Crippen LogP contribution in [0.2, 0.25) is 0 Å². The lowest BCUT2D eigenvalue weighted by molar-refractivity contribution is 0.557. The number of hydrogen-bond acceptors (Lipinski definition) is 1. The molecule has 1 heteroatoms. The molecule has 0 saturated carbocycles. The van der Waals surface area contributed by atoms with Gasteiger partial charge in [-0.25, -0.2) is 0 Å². The van der Waals surface area contributed by atoms with Crippen molar-refractivity contribution in [2.75, 3.05) is 0 Å². The van der Waals surface area contributed by atoms with Gasteiger partial charge >= 0.3 is 0 Å². The van der Waals surface area contributed by atoms with Crippen LogP contribution in [-0.2, 0) is 10.8 Å². The van der Waals surface area contributed by atoms with Gasteiger partial charge < -0.3 is 4.42 Å². The molecule has 0 atom stereocenters. The molecule has 0 aliphatic rings. The highest BCUT2D eigenvalue weighted by Crippen LogP contribution is 2.34. The van der Waals surface area contributed by atoms with Crippen LogP contribution in [0, 0.1) is 0 Å². The van der Waals surface area contributed by atoms with Crippen molar-refractivity contribution in [2.24, 2.45) is 0 Å². The van der Waals surface area contributed by atoms with Crippen LogP contribution in [0.1, 0.15) is 52.7 Å². The van der Waals surface area contributed by atoms with Gasteiger partial charge in [-0.1, -0.05) is 47.6 Å². The van der Waals surface area contributed by atoms with Crippen LogP contribution in [0.25, 0.3) is 11.0 Å². The Morgan fingerprint density at radius 1 is 0.882 bits per heavy atom. The molecule has 1 heterocycles. The average molecular weight is 230 g/mol. The van der Waals surface area contributed by atoms with Crippen LogP contribution in [0.4, 0.5) is 0 Å². The normalized spacial score (nSPS) is 13.3. The highest BCUT2D eigenvalue weighted by Gasteiger charge is 2.21. The zero-order valence-corrected chi connectivity index (χ0v) is 11.7. The van der Waals surface area contributed by atoms with E-state index in [4.69, 9.17) is 4.42 Å². The Balaban J connectivity index is 2.67. The number of furan rings is 1. The molecule has 0 spiro atoms. The van der Waals surface area contributed by atoms with E-state index in [-0.39, 0.29) is 10.8 Å². The van der Waals surface area contributed by atoms with Gasteiger partial charge in [0.05, 0.1) is 6.26 Å². The molecule has 2 rings (SSSR count). The lowest BCUT2D eigenvalue weighted by Gasteiger charge is -2.20. The Morgan fingerprint density at radius 3 is 2.06 bits per heavy atom. The van der Waals surface area contributed by atoms with Crippen LogP contribution in [0.15, 0.2) is 28.9 Å². The summed E-state index contributed by atoms with van der Waals surface area (Å²) in [7, 11) is 0. The first-order valence-electron chi connectivity index (χ1n) is 6.22. The lowest BCUT2D eigenvalue weighted by Crippen LogP contribution is -2.12. The molecule has 0 saturated heterocycles. The molecule has 0 unspecified atom stereocenters. The Kier molecular flexibility index (Phi) is 2.61. The first-order chi connectivity index (χ1) is 7.69. The van der Waals surface area contributed by atoms with Crippen molar-refractivity contribution in [1.82, 2.24) is 0 Å². The molecular formula is C16H22O. The zero-order chi connectivity index (χ0) is 12.8. The summed E-state index contributed by atoms with van der Waals surface area (Å²) in [5, 5.41) is 1.25. The van der Waals surface area contributed by atoms with Gasteiger partial charge in [0.25, 0.3) is 0 Å². The summed E-state index contributed by atoms with van der Waals surface area (Å²) in [6.07, 6.45) is 1.90. The number of benzene rings is 1. The van der Waals surface area contributed by atoms with Gasteiger partial charge in [-0.15, -0.1) is 0 Å². The van der Waals surface area contributed by atoms with Crippen molar-refractivity contribution >= 4 is 11.0 Å². The molecule has 0 fully saturated rings. The third kappa shape index (κ3) is 2.24. The summed E-state index contributed by atoms with van der Waals surface area (Å²) in [6, 6.07) is 6.53. The molecule has 0 bridgehead atoms. The fourth-order valence-electron chi connectivity index (χ4n) is 2.08. The van der Waals surface area contributed by atoms with Crippen LogP contribution < -0.4 is 0 Å². The molecular weight excluding hydrogens is 208 g/mol. The molecule has 0 amide bonds. The van der Waals surface area contributed by atoms with Crippen LogP contribution in [0.5, 0.6) is 0 Å². The molecule has 92 valence electrons. The second-order valence-electron chi connectivity index (χ2n) is 6.86. The number of rotatable bonds is 0. The van der Waals surface area contributed by atoms with E-state index < -0.39 is 0 Å². The SMILES string of the molecule is CC(C)(C)c1ccc2occ(C(C)(C)C)c2c1. The van der Waals surface area contributed by atoms with E-state index in [2.05, 4.69) is 59.7 Å².